The molecule has 1 aromatic heterocycles. The molecule has 166 valence electrons. The molecule has 7 nitrogen and oxygen atoms in total. The smallest absolute Gasteiger partial charge is 0.255 e. The number of fused-ring (bicyclic) bond motifs is 1. The lowest BCUT2D eigenvalue weighted by Crippen LogP contribution is -2.42. The summed E-state index contributed by atoms with van der Waals surface area (Å²) in [6.07, 6.45) is 0. The molecule has 2 aliphatic heterocycles. The van der Waals surface area contributed by atoms with Crippen LogP contribution in [0.3, 0.4) is 0 Å². The van der Waals surface area contributed by atoms with Crippen molar-refractivity contribution in [1.82, 2.24) is 25.3 Å². The maximum absolute atomic E-state index is 13.2. The molecule has 0 aliphatic carbocycles. The fourth-order valence-electron chi connectivity index (χ4n) is 4.55. The van der Waals surface area contributed by atoms with Crippen LogP contribution < -0.4 is 5.32 Å². The SMILES string of the molecule is Cc1cc(-c2noc(CN3CCNCC3)n2)cc2c1C(=O)N([C@H](C)c1ccc(Cl)cc1)C2. The Kier molecular flexibility index (Phi) is 5.71. The Bertz CT molecular complexity index is 1140. The minimum Gasteiger partial charge on any atom is -0.338 e. The first kappa shape index (κ1) is 21.1. The Hall–Kier alpha value is -2.74. The van der Waals surface area contributed by atoms with Gasteiger partial charge in [0.05, 0.1) is 12.6 Å². The summed E-state index contributed by atoms with van der Waals surface area (Å²) >= 11 is 6.02. The van der Waals surface area contributed by atoms with Crippen molar-refractivity contribution in [2.24, 2.45) is 0 Å². The first-order valence-corrected chi connectivity index (χ1v) is 11.3. The number of rotatable bonds is 5. The molecule has 8 heteroatoms. The number of carbonyl (C=O) groups excluding carboxylic acids is 1. The molecule has 3 aromatic rings. The van der Waals surface area contributed by atoms with Gasteiger partial charge in [0.25, 0.3) is 5.91 Å². The van der Waals surface area contributed by atoms with E-state index < -0.39 is 0 Å². The van der Waals surface area contributed by atoms with Crippen molar-refractivity contribution in [2.45, 2.75) is 33.0 Å². The number of nitrogens with one attached hydrogen (secondary N) is 1. The molecule has 5 rings (SSSR count). The van der Waals surface area contributed by atoms with Gasteiger partial charge >= 0.3 is 0 Å². The van der Waals surface area contributed by atoms with E-state index in [2.05, 4.69) is 20.4 Å². The molecule has 0 bridgehead atoms. The van der Waals surface area contributed by atoms with Gasteiger partial charge in [-0.2, -0.15) is 4.98 Å². The Morgan fingerprint density at radius 3 is 2.69 bits per heavy atom. The number of nitrogens with zero attached hydrogens (tertiary/aromatic N) is 4. The maximum atomic E-state index is 13.2. The zero-order valence-electron chi connectivity index (χ0n) is 18.3. The van der Waals surface area contributed by atoms with Gasteiger partial charge in [0.15, 0.2) is 0 Å². The van der Waals surface area contributed by atoms with E-state index in [4.69, 9.17) is 16.1 Å². The lowest BCUT2D eigenvalue weighted by atomic mass is 10.00. The summed E-state index contributed by atoms with van der Waals surface area (Å²) in [7, 11) is 0. The summed E-state index contributed by atoms with van der Waals surface area (Å²) < 4.78 is 5.52. The van der Waals surface area contributed by atoms with Crippen molar-refractivity contribution in [3.8, 4) is 11.4 Å². The molecule has 0 saturated carbocycles. The molecule has 1 atom stereocenters. The van der Waals surface area contributed by atoms with E-state index in [-0.39, 0.29) is 11.9 Å². The summed E-state index contributed by atoms with van der Waals surface area (Å²) in [6, 6.07) is 11.6. The number of carbonyl (C=O) groups is 1. The van der Waals surface area contributed by atoms with E-state index in [1.807, 2.05) is 55.1 Å². The lowest BCUT2D eigenvalue weighted by Gasteiger charge is -2.25. The highest BCUT2D eigenvalue weighted by atomic mass is 35.5. The predicted octanol–water partition coefficient (Wildman–Crippen LogP) is 3.82. The van der Waals surface area contributed by atoms with E-state index >= 15 is 0 Å². The van der Waals surface area contributed by atoms with Gasteiger partial charge < -0.3 is 14.7 Å². The van der Waals surface area contributed by atoms with Crippen LogP contribution in [0.1, 0.15) is 45.9 Å². The van der Waals surface area contributed by atoms with Crippen LogP contribution in [-0.2, 0) is 13.1 Å². The van der Waals surface area contributed by atoms with Gasteiger partial charge in [0.1, 0.15) is 0 Å². The number of piperazine rings is 1. The minimum absolute atomic E-state index is 0.0502. The first-order valence-electron chi connectivity index (χ1n) is 11.0. The van der Waals surface area contributed by atoms with E-state index in [1.165, 1.54) is 0 Å². The molecular formula is C24H26ClN5O2. The van der Waals surface area contributed by atoms with Crippen molar-refractivity contribution in [2.75, 3.05) is 26.2 Å². The lowest BCUT2D eigenvalue weighted by molar-refractivity contribution is 0.0715. The molecule has 0 spiro atoms. The normalized spacial score (nSPS) is 17.6. The third-order valence-electron chi connectivity index (χ3n) is 6.35. The molecule has 1 N–H and O–H groups in total. The van der Waals surface area contributed by atoms with Gasteiger partial charge in [-0.15, -0.1) is 0 Å². The Balaban J connectivity index is 1.37. The van der Waals surface area contributed by atoms with Crippen LogP contribution in [0.2, 0.25) is 5.02 Å². The second-order valence-electron chi connectivity index (χ2n) is 8.53. The Morgan fingerprint density at radius 2 is 1.94 bits per heavy atom. The topological polar surface area (TPSA) is 74.5 Å². The maximum Gasteiger partial charge on any atom is 0.255 e. The van der Waals surface area contributed by atoms with Crippen molar-refractivity contribution >= 4 is 17.5 Å². The van der Waals surface area contributed by atoms with E-state index in [0.29, 0.717) is 29.8 Å². The summed E-state index contributed by atoms with van der Waals surface area (Å²) in [6.45, 7) is 9.12. The van der Waals surface area contributed by atoms with Gasteiger partial charge in [0, 0.05) is 48.9 Å². The number of aryl methyl sites for hydroxylation is 1. The van der Waals surface area contributed by atoms with Gasteiger partial charge in [-0.25, -0.2) is 0 Å². The number of aromatic nitrogens is 2. The fraction of sp³-hybridized carbons (Fsp3) is 0.375. The van der Waals surface area contributed by atoms with Crippen LogP contribution in [0.4, 0.5) is 0 Å². The van der Waals surface area contributed by atoms with Crippen molar-refractivity contribution < 1.29 is 9.32 Å². The number of halogens is 1. The Labute approximate surface area is 192 Å². The average Bonchev–Trinajstić information content (AvgIpc) is 3.39. The molecule has 2 aliphatic rings. The van der Waals surface area contributed by atoms with Crippen LogP contribution in [0.15, 0.2) is 40.9 Å². The summed E-state index contributed by atoms with van der Waals surface area (Å²) in [5, 5.41) is 8.24. The van der Waals surface area contributed by atoms with Crippen molar-refractivity contribution in [3.05, 3.63) is 69.6 Å². The number of hydrogen-bond donors (Lipinski definition) is 1. The monoisotopic (exact) mass is 451 g/mol. The highest BCUT2D eigenvalue weighted by Gasteiger charge is 2.33. The van der Waals surface area contributed by atoms with Crippen molar-refractivity contribution in [3.63, 3.8) is 0 Å². The average molecular weight is 452 g/mol. The summed E-state index contributed by atoms with van der Waals surface area (Å²) in [4.78, 5) is 22.0. The van der Waals surface area contributed by atoms with Crippen LogP contribution >= 0.6 is 11.6 Å². The van der Waals surface area contributed by atoms with Gasteiger partial charge in [-0.1, -0.05) is 28.9 Å². The molecule has 3 heterocycles. The summed E-state index contributed by atoms with van der Waals surface area (Å²) in [5.74, 6) is 1.24. The molecule has 1 saturated heterocycles. The minimum atomic E-state index is -0.0502. The summed E-state index contributed by atoms with van der Waals surface area (Å²) in [5.41, 5.74) is 4.65. The van der Waals surface area contributed by atoms with E-state index in [9.17, 15) is 4.79 Å². The van der Waals surface area contributed by atoms with Gasteiger partial charge in [-0.05, 0) is 54.8 Å². The van der Waals surface area contributed by atoms with Crippen LogP contribution in [0.25, 0.3) is 11.4 Å². The van der Waals surface area contributed by atoms with Crippen molar-refractivity contribution in [1.29, 1.82) is 0 Å². The van der Waals surface area contributed by atoms with E-state index in [0.717, 1.165) is 54.0 Å². The molecule has 0 unspecified atom stereocenters. The highest BCUT2D eigenvalue weighted by Crippen LogP contribution is 2.35. The molecule has 0 radical (unpaired) electrons. The predicted molar refractivity (Wildman–Crippen MR) is 122 cm³/mol. The second-order valence-corrected chi connectivity index (χ2v) is 8.96. The largest absolute Gasteiger partial charge is 0.338 e. The number of benzene rings is 2. The molecule has 1 amide bonds. The number of amides is 1. The zero-order chi connectivity index (χ0) is 22.2. The highest BCUT2D eigenvalue weighted by molar-refractivity contribution is 6.30. The third-order valence-corrected chi connectivity index (χ3v) is 6.60. The standard InChI is InChI=1S/C24H26ClN5O2/c1-15-11-18(23-27-21(32-28-23)14-29-9-7-26-8-10-29)12-19-13-30(24(31)22(15)19)16(2)17-3-5-20(25)6-4-17/h3-6,11-12,16,26H,7-10,13-14H2,1-2H3/t16-/m1/s1. The van der Waals surface area contributed by atoms with Gasteiger partial charge in [0.2, 0.25) is 11.7 Å². The molecule has 2 aromatic carbocycles. The van der Waals surface area contributed by atoms with Crippen LogP contribution in [0, 0.1) is 6.92 Å². The third kappa shape index (κ3) is 4.03. The van der Waals surface area contributed by atoms with Crippen LogP contribution in [0.5, 0.6) is 0 Å². The molecule has 32 heavy (non-hydrogen) atoms. The number of hydrogen-bond acceptors (Lipinski definition) is 6. The molecular weight excluding hydrogens is 426 g/mol. The fourth-order valence-corrected chi connectivity index (χ4v) is 4.68. The Morgan fingerprint density at radius 1 is 1.19 bits per heavy atom. The van der Waals surface area contributed by atoms with Crippen LogP contribution in [-0.4, -0.2) is 52.0 Å². The quantitative estimate of drug-likeness (QED) is 0.635. The molecule has 1 fully saturated rings. The second kappa shape index (κ2) is 8.65. The van der Waals surface area contributed by atoms with Gasteiger partial charge in [-0.3, -0.25) is 9.69 Å². The van der Waals surface area contributed by atoms with E-state index in [1.54, 1.807) is 0 Å². The first-order chi connectivity index (χ1) is 15.5. The zero-order valence-corrected chi connectivity index (χ0v) is 19.0.